The van der Waals surface area contributed by atoms with E-state index in [9.17, 15) is 14.4 Å². The lowest BCUT2D eigenvalue weighted by Gasteiger charge is -2.35. The molecule has 2 aliphatic heterocycles. The first-order valence-corrected chi connectivity index (χ1v) is 8.80. The molecule has 0 spiro atoms. The summed E-state index contributed by atoms with van der Waals surface area (Å²) in [7, 11) is 0. The van der Waals surface area contributed by atoms with Crippen molar-refractivity contribution in [3.8, 4) is 0 Å². The van der Waals surface area contributed by atoms with Crippen LogP contribution in [0.3, 0.4) is 0 Å². The fourth-order valence-electron chi connectivity index (χ4n) is 2.98. The smallest absolute Gasteiger partial charge is 0.337 e. The highest BCUT2D eigenvalue weighted by molar-refractivity contribution is 5.94. The summed E-state index contributed by atoms with van der Waals surface area (Å²) < 4.78 is 5.06. The van der Waals surface area contributed by atoms with Gasteiger partial charge < -0.3 is 20.3 Å². The van der Waals surface area contributed by atoms with Gasteiger partial charge in [-0.2, -0.15) is 0 Å². The summed E-state index contributed by atoms with van der Waals surface area (Å²) in [5.41, 5.74) is 1.30. The van der Waals surface area contributed by atoms with Crippen LogP contribution in [0.15, 0.2) is 29.9 Å². The van der Waals surface area contributed by atoms with E-state index >= 15 is 0 Å². The normalized spacial score (nSPS) is 18.0. The number of nitrogens with one attached hydrogen (secondary N) is 2. The van der Waals surface area contributed by atoms with Crippen LogP contribution in [0.5, 0.6) is 0 Å². The standard InChI is InChI=1S/C17H22N6O4/c1-2-27-16(25)12-9-20-17(26)21-14(12)11-22-5-7-23(8-6-22)15(24)13-10-18-3-4-19-13/h3-4,10H,2,5-9,11H2,1H3,(H2,20,21,26). The lowest BCUT2D eigenvalue weighted by atomic mass is 10.1. The number of carbonyl (C=O) groups excluding carboxylic acids is 3. The third-order valence-electron chi connectivity index (χ3n) is 4.40. The molecule has 1 fully saturated rings. The lowest BCUT2D eigenvalue weighted by Crippen LogP contribution is -2.52. The second kappa shape index (κ2) is 8.58. The summed E-state index contributed by atoms with van der Waals surface area (Å²) in [6.07, 6.45) is 4.47. The van der Waals surface area contributed by atoms with Gasteiger partial charge in [0.25, 0.3) is 5.91 Å². The zero-order chi connectivity index (χ0) is 19.2. The third-order valence-corrected chi connectivity index (χ3v) is 4.40. The Labute approximate surface area is 156 Å². The van der Waals surface area contributed by atoms with E-state index in [0.717, 1.165) is 0 Å². The molecule has 1 saturated heterocycles. The molecular formula is C17H22N6O4. The van der Waals surface area contributed by atoms with Crippen LogP contribution in [-0.2, 0) is 9.53 Å². The molecule has 0 radical (unpaired) electrons. The largest absolute Gasteiger partial charge is 0.463 e. The minimum Gasteiger partial charge on any atom is -0.463 e. The third kappa shape index (κ3) is 4.59. The minimum absolute atomic E-state index is 0.144. The molecule has 2 aliphatic rings. The lowest BCUT2D eigenvalue weighted by molar-refractivity contribution is -0.138. The number of esters is 1. The van der Waals surface area contributed by atoms with E-state index in [1.54, 1.807) is 11.8 Å². The van der Waals surface area contributed by atoms with Gasteiger partial charge in [-0.3, -0.25) is 14.7 Å². The Kier molecular flexibility index (Phi) is 5.97. The summed E-state index contributed by atoms with van der Waals surface area (Å²) in [6.45, 7) is 4.87. The average Bonchev–Trinajstić information content (AvgIpc) is 2.69. The van der Waals surface area contributed by atoms with Crippen molar-refractivity contribution in [1.82, 2.24) is 30.4 Å². The SMILES string of the molecule is CCOC(=O)C1=C(CN2CCN(C(=O)c3cnccn3)CC2)NC(=O)NC1. The molecule has 1 aromatic heterocycles. The Balaban J connectivity index is 1.61. The number of aromatic nitrogens is 2. The van der Waals surface area contributed by atoms with Crippen LogP contribution in [0.4, 0.5) is 4.79 Å². The Morgan fingerprint density at radius 1 is 1.22 bits per heavy atom. The second-order valence-electron chi connectivity index (χ2n) is 6.14. The maximum atomic E-state index is 12.4. The number of hydrogen-bond donors (Lipinski definition) is 2. The van der Waals surface area contributed by atoms with Crippen LogP contribution in [0, 0.1) is 0 Å². The van der Waals surface area contributed by atoms with Crippen molar-refractivity contribution < 1.29 is 19.1 Å². The monoisotopic (exact) mass is 374 g/mol. The zero-order valence-electron chi connectivity index (χ0n) is 15.1. The fourth-order valence-corrected chi connectivity index (χ4v) is 2.98. The number of nitrogens with zero attached hydrogens (tertiary/aromatic N) is 4. The predicted molar refractivity (Wildman–Crippen MR) is 94.6 cm³/mol. The zero-order valence-corrected chi connectivity index (χ0v) is 15.1. The summed E-state index contributed by atoms with van der Waals surface area (Å²) in [5.74, 6) is -0.583. The first kappa shape index (κ1) is 18.8. The van der Waals surface area contributed by atoms with E-state index in [-0.39, 0.29) is 25.1 Å². The first-order chi connectivity index (χ1) is 13.1. The number of hydrogen-bond acceptors (Lipinski definition) is 7. The van der Waals surface area contributed by atoms with Crippen molar-refractivity contribution in [3.63, 3.8) is 0 Å². The highest BCUT2D eigenvalue weighted by atomic mass is 16.5. The molecule has 0 unspecified atom stereocenters. The van der Waals surface area contributed by atoms with Crippen LogP contribution in [0.1, 0.15) is 17.4 Å². The van der Waals surface area contributed by atoms with Gasteiger partial charge >= 0.3 is 12.0 Å². The molecule has 3 heterocycles. The fraction of sp³-hybridized carbons (Fsp3) is 0.471. The molecule has 0 atom stereocenters. The maximum Gasteiger partial charge on any atom is 0.337 e. The van der Waals surface area contributed by atoms with Gasteiger partial charge in [0.2, 0.25) is 0 Å². The van der Waals surface area contributed by atoms with Gasteiger partial charge in [-0.25, -0.2) is 14.6 Å². The Hall–Kier alpha value is -3.01. The molecule has 0 aromatic carbocycles. The molecule has 10 heteroatoms. The van der Waals surface area contributed by atoms with E-state index in [0.29, 0.717) is 49.7 Å². The topological polar surface area (TPSA) is 117 Å². The quantitative estimate of drug-likeness (QED) is 0.659. The summed E-state index contributed by atoms with van der Waals surface area (Å²) in [4.78, 5) is 47.9. The molecule has 3 amide bonds. The Morgan fingerprint density at radius 3 is 2.67 bits per heavy atom. The van der Waals surface area contributed by atoms with E-state index < -0.39 is 5.97 Å². The second-order valence-corrected chi connectivity index (χ2v) is 6.14. The summed E-state index contributed by atoms with van der Waals surface area (Å²) in [6, 6.07) is -0.338. The van der Waals surface area contributed by atoms with E-state index in [1.165, 1.54) is 18.6 Å². The van der Waals surface area contributed by atoms with E-state index in [4.69, 9.17) is 4.74 Å². The molecule has 144 valence electrons. The highest BCUT2D eigenvalue weighted by Crippen LogP contribution is 2.12. The number of ether oxygens (including phenoxy) is 1. The maximum absolute atomic E-state index is 12.4. The molecule has 10 nitrogen and oxygen atoms in total. The van der Waals surface area contributed by atoms with E-state index in [2.05, 4.69) is 25.5 Å². The van der Waals surface area contributed by atoms with Gasteiger partial charge in [0.05, 0.1) is 24.9 Å². The van der Waals surface area contributed by atoms with Crippen LogP contribution in [0.2, 0.25) is 0 Å². The van der Waals surface area contributed by atoms with Crippen molar-refractivity contribution in [2.45, 2.75) is 6.92 Å². The van der Waals surface area contributed by atoms with Crippen LogP contribution in [-0.4, -0.2) is 83.6 Å². The predicted octanol–water partition coefficient (Wildman–Crippen LogP) is -0.636. The molecule has 27 heavy (non-hydrogen) atoms. The molecule has 2 N–H and O–H groups in total. The average molecular weight is 374 g/mol. The van der Waals surface area contributed by atoms with Gasteiger partial charge in [-0.1, -0.05) is 0 Å². The van der Waals surface area contributed by atoms with E-state index in [1.807, 2.05) is 0 Å². The van der Waals surface area contributed by atoms with Crippen LogP contribution >= 0.6 is 0 Å². The number of amides is 3. The number of urea groups is 1. The minimum atomic E-state index is -0.434. The van der Waals surface area contributed by atoms with Crippen molar-refractivity contribution in [2.75, 3.05) is 45.9 Å². The molecule has 0 aliphatic carbocycles. The summed E-state index contributed by atoms with van der Waals surface area (Å²) in [5, 5.41) is 5.29. The van der Waals surface area contributed by atoms with Gasteiger partial charge in [-0.15, -0.1) is 0 Å². The van der Waals surface area contributed by atoms with Crippen molar-refractivity contribution in [3.05, 3.63) is 35.6 Å². The Bertz CT molecular complexity index is 743. The Morgan fingerprint density at radius 2 is 2.00 bits per heavy atom. The van der Waals surface area contributed by atoms with Gasteiger partial charge in [0, 0.05) is 50.8 Å². The van der Waals surface area contributed by atoms with Crippen LogP contribution < -0.4 is 10.6 Å². The highest BCUT2D eigenvalue weighted by Gasteiger charge is 2.28. The molecule has 0 bridgehead atoms. The summed E-state index contributed by atoms with van der Waals surface area (Å²) >= 11 is 0. The van der Waals surface area contributed by atoms with Crippen LogP contribution in [0.25, 0.3) is 0 Å². The van der Waals surface area contributed by atoms with Crippen molar-refractivity contribution >= 4 is 17.9 Å². The first-order valence-electron chi connectivity index (χ1n) is 8.80. The van der Waals surface area contributed by atoms with Gasteiger partial charge in [0.1, 0.15) is 5.69 Å². The van der Waals surface area contributed by atoms with Crippen molar-refractivity contribution in [1.29, 1.82) is 0 Å². The molecule has 3 rings (SSSR count). The number of rotatable bonds is 5. The van der Waals surface area contributed by atoms with Gasteiger partial charge in [0.15, 0.2) is 0 Å². The van der Waals surface area contributed by atoms with Crippen molar-refractivity contribution in [2.24, 2.45) is 0 Å². The van der Waals surface area contributed by atoms with Gasteiger partial charge in [-0.05, 0) is 6.92 Å². The molecule has 0 saturated carbocycles. The molecule has 1 aromatic rings. The number of piperazine rings is 1. The molecular weight excluding hydrogens is 352 g/mol. The number of carbonyl (C=O) groups is 3.